The van der Waals surface area contributed by atoms with Crippen LogP contribution in [0.5, 0.6) is 0 Å². The van der Waals surface area contributed by atoms with Crippen LogP contribution in [0.25, 0.3) is 0 Å². The quantitative estimate of drug-likeness (QED) is 0.358. The standard InChI is InChI=1S/C5H10N2O4/c6-1-4(9)7-3(2-8)5(10)11/h3,8H,1-2,6H2,(H,7,9)(H,10,11)/t3-/m0/s1/i/hD. The first-order valence-electron chi connectivity index (χ1n) is 3.39. The molecular formula is C5H10N2O4. The second-order valence-electron chi connectivity index (χ2n) is 1.82. The summed E-state index contributed by atoms with van der Waals surface area (Å²) in [4.78, 5) is 20.9. The number of carboxylic acid groups (broad SMARTS) is 1. The Morgan fingerprint density at radius 2 is 2.36 bits per heavy atom. The van der Waals surface area contributed by atoms with Gasteiger partial charge in [0.15, 0.2) is 0 Å². The highest BCUT2D eigenvalue weighted by atomic mass is 16.4. The van der Waals surface area contributed by atoms with Crippen LogP contribution in [0.2, 0.25) is 1.41 Å². The Balaban J connectivity index is 3.85. The van der Waals surface area contributed by atoms with E-state index in [2.05, 4.69) is 0 Å². The predicted octanol–water partition coefficient (Wildman–Crippen LogP) is -2.49. The summed E-state index contributed by atoms with van der Waals surface area (Å²) >= 11 is 0. The van der Waals surface area contributed by atoms with Gasteiger partial charge in [-0.05, 0) is 0 Å². The molecule has 0 radical (unpaired) electrons. The molecule has 0 aromatic carbocycles. The molecule has 0 unspecified atom stereocenters. The molecule has 0 saturated heterocycles. The molecule has 0 heterocycles. The normalized spacial score (nSPS) is 13.4. The first-order valence-corrected chi connectivity index (χ1v) is 2.89. The monoisotopic (exact) mass is 163 g/mol. The van der Waals surface area contributed by atoms with Crippen molar-refractivity contribution in [2.75, 3.05) is 13.2 Å². The van der Waals surface area contributed by atoms with Crippen LogP contribution in [0.1, 0.15) is 0 Å². The summed E-state index contributed by atoms with van der Waals surface area (Å²) in [5, 5.41) is 18.8. The largest absolute Gasteiger partial charge is 0.480 e. The molecule has 0 bridgehead atoms. The lowest BCUT2D eigenvalue weighted by Gasteiger charge is -2.09. The zero-order valence-corrected chi connectivity index (χ0v) is 5.70. The fourth-order valence-electron chi connectivity index (χ4n) is 0.431. The van der Waals surface area contributed by atoms with Crippen LogP contribution < -0.4 is 11.0 Å². The minimum atomic E-state index is -1.31. The van der Waals surface area contributed by atoms with Gasteiger partial charge in [-0.1, -0.05) is 0 Å². The predicted molar refractivity (Wildman–Crippen MR) is 35.7 cm³/mol. The number of carbonyl (C=O) groups excluding carboxylic acids is 1. The number of aliphatic carboxylic acids is 1. The minimum absolute atomic E-state index is 0.302. The summed E-state index contributed by atoms with van der Waals surface area (Å²) in [6.45, 7) is -0.969. The summed E-state index contributed by atoms with van der Waals surface area (Å²) in [7, 11) is 0. The van der Waals surface area contributed by atoms with Crippen molar-refractivity contribution in [3.63, 3.8) is 0 Å². The minimum Gasteiger partial charge on any atom is -0.480 e. The molecular weight excluding hydrogens is 152 g/mol. The highest BCUT2D eigenvalue weighted by Crippen LogP contribution is 1.80. The van der Waals surface area contributed by atoms with Gasteiger partial charge in [0.05, 0.1) is 13.2 Å². The number of aliphatic hydroxyl groups excluding tert-OH is 1. The average molecular weight is 163 g/mol. The van der Waals surface area contributed by atoms with Gasteiger partial charge in [0.25, 0.3) is 0 Å². The van der Waals surface area contributed by atoms with Gasteiger partial charge in [-0.3, -0.25) is 4.79 Å². The molecule has 6 heteroatoms. The maximum atomic E-state index is 10.6. The van der Waals surface area contributed by atoms with Gasteiger partial charge in [0, 0.05) is 0 Å². The number of amides is 1. The molecule has 5 N–H and O–H groups in total. The number of nitrogens with two attached hydrogens (primary N) is 1. The van der Waals surface area contributed by atoms with E-state index in [9.17, 15) is 9.59 Å². The van der Waals surface area contributed by atoms with Gasteiger partial charge in [-0.15, -0.1) is 0 Å². The first kappa shape index (κ1) is 7.96. The Labute approximate surface area is 64.5 Å². The van der Waals surface area contributed by atoms with Crippen LogP contribution in [0, 0.1) is 0 Å². The Kier molecular flexibility index (Phi) is 3.36. The van der Waals surface area contributed by atoms with Crippen molar-refractivity contribution in [1.82, 2.24) is 5.32 Å². The summed E-state index contributed by atoms with van der Waals surface area (Å²) < 4.78 is 6.42. The second kappa shape index (κ2) is 4.64. The molecule has 0 saturated carbocycles. The van der Waals surface area contributed by atoms with E-state index >= 15 is 0 Å². The third-order valence-electron chi connectivity index (χ3n) is 0.976. The van der Waals surface area contributed by atoms with Crippen LogP contribution in [0.15, 0.2) is 0 Å². The molecule has 64 valence electrons. The SMILES string of the molecule is [2H]NCC(=O)N[C@@H](CO)C(=O)O. The van der Waals surface area contributed by atoms with E-state index in [-0.39, 0.29) is 6.54 Å². The van der Waals surface area contributed by atoms with E-state index < -0.39 is 24.5 Å². The fraction of sp³-hybridized carbons (Fsp3) is 0.600. The molecule has 11 heavy (non-hydrogen) atoms. The number of carbonyl (C=O) groups is 2. The van der Waals surface area contributed by atoms with Crippen LogP contribution >= 0.6 is 0 Å². The number of nitrogens with one attached hydrogen (secondary N) is 1. The summed E-state index contributed by atoms with van der Waals surface area (Å²) in [5.74, 6) is -1.96. The third kappa shape index (κ3) is 3.54. The van der Waals surface area contributed by atoms with Crippen LogP contribution in [0.3, 0.4) is 0 Å². The van der Waals surface area contributed by atoms with Gasteiger partial charge in [0.1, 0.15) is 7.45 Å². The second-order valence-corrected chi connectivity index (χ2v) is 1.82. The maximum absolute atomic E-state index is 10.6. The molecule has 0 aliphatic heterocycles. The molecule has 1 atom stereocenters. The van der Waals surface area contributed by atoms with Crippen LogP contribution in [-0.2, 0) is 9.59 Å². The van der Waals surface area contributed by atoms with Gasteiger partial charge in [-0.2, -0.15) is 0 Å². The lowest BCUT2D eigenvalue weighted by atomic mass is 10.3. The van der Waals surface area contributed by atoms with Crippen LogP contribution in [-0.4, -0.2) is 41.3 Å². The molecule has 1 amide bonds. The lowest BCUT2D eigenvalue weighted by molar-refractivity contribution is -0.142. The van der Waals surface area contributed by atoms with Crippen molar-refractivity contribution in [2.24, 2.45) is 5.73 Å². The van der Waals surface area contributed by atoms with E-state index in [1.54, 1.807) is 5.73 Å². The first-order chi connectivity index (χ1) is 5.61. The van der Waals surface area contributed by atoms with Crippen molar-refractivity contribution in [2.45, 2.75) is 6.04 Å². The van der Waals surface area contributed by atoms with E-state index in [0.29, 0.717) is 0 Å². The molecule has 0 fully saturated rings. The lowest BCUT2D eigenvalue weighted by Crippen LogP contribution is -2.45. The third-order valence-corrected chi connectivity index (χ3v) is 0.976. The van der Waals surface area contributed by atoms with E-state index in [0.717, 1.165) is 0 Å². The molecule has 0 spiro atoms. The summed E-state index contributed by atoms with van der Waals surface area (Å²) in [5.41, 5.74) is 1.80. The van der Waals surface area contributed by atoms with E-state index in [1.165, 1.54) is 0 Å². The highest BCUT2D eigenvalue weighted by Gasteiger charge is 2.17. The Morgan fingerprint density at radius 3 is 2.73 bits per heavy atom. The Morgan fingerprint density at radius 1 is 1.73 bits per heavy atom. The molecule has 0 rings (SSSR count). The van der Waals surface area contributed by atoms with Crippen molar-refractivity contribution in [1.29, 1.82) is 0 Å². The topological polar surface area (TPSA) is 113 Å². The fourth-order valence-corrected chi connectivity index (χ4v) is 0.431. The van der Waals surface area contributed by atoms with Gasteiger partial charge in [0.2, 0.25) is 5.91 Å². The summed E-state index contributed by atoms with van der Waals surface area (Å²) in [6.07, 6.45) is 0. The zero-order chi connectivity index (χ0) is 9.56. The Hall–Kier alpha value is -1.14. The number of rotatable bonds is 5. The Bertz CT molecular complexity index is 175. The zero-order valence-electron chi connectivity index (χ0n) is 6.70. The summed E-state index contributed by atoms with van der Waals surface area (Å²) in [6, 6.07) is -1.30. The molecule has 0 aliphatic carbocycles. The van der Waals surface area contributed by atoms with Crippen molar-refractivity contribution < 1.29 is 21.2 Å². The number of aliphatic hydroxyl groups is 1. The maximum Gasteiger partial charge on any atom is 0.328 e. The van der Waals surface area contributed by atoms with E-state index in [4.69, 9.17) is 11.6 Å². The van der Waals surface area contributed by atoms with Crippen LogP contribution in [0.4, 0.5) is 0 Å². The smallest absolute Gasteiger partial charge is 0.328 e. The van der Waals surface area contributed by atoms with Gasteiger partial charge in [-0.25, -0.2) is 4.79 Å². The van der Waals surface area contributed by atoms with Crippen molar-refractivity contribution >= 4 is 11.9 Å². The van der Waals surface area contributed by atoms with Crippen molar-refractivity contribution in [3.05, 3.63) is 0 Å². The number of hydrogen-bond acceptors (Lipinski definition) is 4. The van der Waals surface area contributed by atoms with Crippen molar-refractivity contribution in [3.8, 4) is 0 Å². The average Bonchev–Trinajstić information content (AvgIpc) is 2.00. The number of hydrogen-bond donors (Lipinski definition) is 4. The molecule has 6 nitrogen and oxygen atoms in total. The van der Waals surface area contributed by atoms with Gasteiger partial charge < -0.3 is 21.3 Å². The van der Waals surface area contributed by atoms with E-state index in [1.807, 2.05) is 5.32 Å². The molecule has 0 aromatic heterocycles. The number of carboxylic acids is 1. The van der Waals surface area contributed by atoms with Gasteiger partial charge >= 0.3 is 5.97 Å². The molecule has 0 aromatic rings. The molecule has 0 aliphatic rings. The highest BCUT2D eigenvalue weighted by molar-refractivity contribution is 5.84.